The molecule has 0 bridgehead atoms. The topological polar surface area (TPSA) is 99.4 Å². The van der Waals surface area contributed by atoms with E-state index < -0.39 is 24.6 Å². The molecule has 1 amide bonds. The highest BCUT2D eigenvalue weighted by molar-refractivity contribution is 5.93. The summed E-state index contributed by atoms with van der Waals surface area (Å²) in [7, 11) is 0. The Morgan fingerprint density at radius 2 is 1.78 bits per heavy atom. The molecule has 2 aromatic carbocycles. The van der Waals surface area contributed by atoms with Crippen molar-refractivity contribution in [2.45, 2.75) is 6.10 Å². The first-order chi connectivity index (χ1) is 11.1. The van der Waals surface area contributed by atoms with Crippen molar-refractivity contribution in [2.24, 2.45) is 0 Å². The summed E-state index contributed by atoms with van der Waals surface area (Å²) in [4.78, 5) is 23.4. The summed E-state index contributed by atoms with van der Waals surface area (Å²) in [6.07, 6.45) is -1.43. The first-order valence-electron chi connectivity index (χ1n) is 6.80. The number of nitriles is 1. The van der Waals surface area contributed by atoms with Crippen LogP contribution in [0, 0.1) is 11.3 Å². The number of carbonyl (C=O) groups excluding carboxylic acids is 2. The van der Waals surface area contributed by atoms with Crippen molar-refractivity contribution in [1.29, 1.82) is 5.26 Å². The number of nitrogens with zero attached hydrogens (tertiary/aromatic N) is 1. The molecule has 2 aromatic rings. The Morgan fingerprint density at radius 3 is 2.39 bits per heavy atom. The molecule has 0 aromatic heterocycles. The van der Waals surface area contributed by atoms with Crippen LogP contribution in [0.15, 0.2) is 54.6 Å². The van der Waals surface area contributed by atoms with Crippen molar-refractivity contribution in [3.63, 3.8) is 0 Å². The second-order valence-electron chi connectivity index (χ2n) is 4.66. The van der Waals surface area contributed by atoms with Crippen molar-refractivity contribution < 1.29 is 19.4 Å². The molecule has 6 heteroatoms. The fraction of sp³-hybridized carbons (Fsp3) is 0.118. The Balaban J connectivity index is 1.84. The number of amides is 1. The van der Waals surface area contributed by atoms with Gasteiger partial charge < -0.3 is 15.2 Å². The molecule has 0 heterocycles. The number of aliphatic hydroxyl groups excluding tert-OH is 1. The van der Waals surface area contributed by atoms with Crippen LogP contribution in [0.4, 0.5) is 5.69 Å². The summed E-state index contributed by atoms with van der Waals surface area (Å²) in [5, 5.41) is 21.0. The number of esters is 1. The van der Waals surface area contributed by atoms with Crippen LogP contribution >= 0.6 is 0 Å². The van der Waals surface area contributed by atoms with Crippen LogP contribution in [-0.2, 0) is 14.3 Å². The summed E-state index contributed by atoms with van der Waals surface area (Å²) in [5.41, 5.74) is 1.35. The standard InChI is InChI=1S/C17H14N2O4/c18-10-12-6-8-14(9-7-12)19-15(20)11-23-17(22)16(21)13-4-2-1-3-5-13/h1-9,16,21H,11H2,(H,19,20)/t16-/m1/s1. The number of anilines is 1. The smallest absolute Gasteiger partial charge is 0.340 e. The number of aliphatic hydroxyl groups is 1. The van der Waals surface area contributed by atoms with Gasteiger partial charge in [0.05, 0.1) is 11.6 Å². The second kappa shape index (κ2) is 7.73. The fourth-order valence-corrected chi connectivity index (χ4v) is 1.81. The van der Waals surface area contributed by atoms with Crippen LogP contribution < -0.4 is 5.32 Å². The highest BCUT2D eigenvalue weighted by Crippen LogP contribution is 2.14. The minimum absolute atomic E-state index is 0.394. The third-order valence-corrected chi connectivity index (χ3v) is 2.98. The summed E-state index contributed by atoms with van der Waals surface area (Å²) < 4.78 is 4.78. The molecule has 0 aliphatic carbocycles. The van der Waals surface area contributed by atoms with Crippen LogP contribution in [-0.4, -0.2) is 23.6 Å². The number of nitrogens with one attached hydrogen (secondary N) is 1. The van der Waals surface area contributed by atoms with E-state index in [-0.39, 0.29) is 0 Å². The summed E-state index contributed by atoms with van der Waals surface area (Å²) in [6, 6.07) is 16.5. The van der Waals surface area contributed by atoms with Gasteiger partial charge in [-0.2, -0.15) is 5.26 Å². The molecule has 23 heavy (non-hydrogen) atoms. The zero-order chi connectivity index (χ0) is 16.7. The minimum atomic E-state index is -1.43. The van der Waals surface area contributed by atoms with E-state index >= 15 is 0 Å². The van der Waals surface area contributed by atoms with E-state index in [2.05, 4.69) is 5.32 Å². The summed E-state index contributed by atoms with van der Waals surface area (Å²) >= 11 is 0. The van der Waals surface area contributed by atoms with Crippen LogP contribution in [0.2, 0.25) is 0 Å². The molecule has 0 radical (unpaired) electrons. The molecular weight excluding hydrogens is 296 g/mol. The van der Waals surface area contributed by atoms with Crippen molar-refractivity contribution in [3.05, 3.63) is 65.7 Å². The molecule has 0 saturated carbocycles. The summed E-state index contributed by atoms with van der Waals surface area (Å²) in [6.45, 7) is -0.511. The predicted molar refractivity (Wildman–Crippen MR) is 82.1 cm³/mol. The molecule has 2 rings (SSSR count). The third kappa shape index (κ3) is 4.66. The molecular formula is C17H14N2O4. The number of benzene rings is 2. The number of ether oxygens (including phenoxy) is 1. The maximum atomic E-state index is 11.7. The van der Waals surface area contributed by atoms with Gasteiger partial charge in [0.25, 0.3) is 5.91 Å². The Morgan fingerprint density at radius 1 is 1.13 bits per heavy atom. The van der Waals surface area contributed by atoms with E-state index in [0.29, 0.717) is 16.8 Å². The van der Waals surface area contributed by atoms with E-state index in [9.17, 15) is 14.7 Å². The van der Waals surface area contributed by atoms with Gasteiger partial charge in [-0.1, -0.05) is 30.3 Å². The van der Waals surface area contributed by atoms with Crippen LogP contribution in [0.3, 0.4) is 0 Å². The van der Waals surface area contributed by atoms with Crippen molar-refractivity contribution in [3.8, 4) is 6.07 Å². The highest BCUT2D eigenvalue weighted by Gasteiger charge is 2.19. The molecule has 0 fully saturated rings. The molecule has 1 atom stereocenters. The Labute approximate surface area is 132 Å². The Hall–Kier alpha value is -3.17. The predicted octanol–water partition coefficient (Wildman–Crippen LogP) is 1.77. The van der Waals surface area contributed by atoms with Crippen molar-refractivity contribution >= 4 is 17.6 Å². The average Bonchev–Trinajstić information content (AvgIpc) is 2.60. The van der Waals surface area contributed by atoms with Crippen molar-refractivity contribution in [1.82, 2.24) is 0 Å². The number of hydrogen-bond donors (Lipinski definition) is 2. The second-order valence-corrected chi connectivity index (χ2v) is 4.66. The maximum Gasteiger partial charge on any atom is 0.340 e. The van der Waals surface area contributed by atoms with E-state index in [4.69, 9.17) is 10.00 Å². The fourth-order valence-electron chi connectivity index (χ4n) is 1.81. The molecule has 0 aliphatic rings. The molecule has 0 saturated heterocycles. The van der Waals surface area contributed by atoms with Gasteiger partial charge in [-0.3, -0.25) is 4.79 Å². The molecule has 0 unspecified atom stereocenters. The van der Waals surface area contributed by atoms with Gasteiger partial charge in [0.1, 0.15) is 0 Å². The Bertz CT molecular complexity index is 721. The Kier molecular flexibility index (Phi) is 5.45. The van der Waals surface area contributed by atoms with Crippen molar-refractivity contribution in [2.75, 3.05) is 11.9 Å². The SMILES string of the molecule is N#Cc1ccc(NC(=O)COC(=O)[C@H](O)c2ccccc2)cc1. The molecule has 0 spiro atoms. The van der Waals surface area contributed by atoms with Gasteiger partial charge >= 0.3 is 5.97 Å². The van der Waals surface area contributed by atoms with Crippen LogP contribution in [0.5, 0.6) is 0 Å². The third-order valence-electron chi connectivity index (χ3n) is 2.98. The first-order valence-corrected chi connectivity index (χ1v) is 6.80. The monoisotopic (exact) mass is 310 g/mol. The average molecular weight is 310 g/mol. The zero-order valence-electron chi connectivity index (χ0n) is 12.1. The van der Waals surface area contributed by atoms with Gasteiger partial charge in [-0.15, -0.1) is 0 Å². The zero-order valence-corrected chi connectivity index (χ0v) is 12.1. The van der Waals surface area contributed by atoms with E-state index in [0.717, 1.165) is 0 Å². The number of hydrogen-bond acceptors (Lipinski definition) is 5. The van der Waals surface area contributed by atoms with Crippen LogP contribution in [0.25, 0.3) is 0 Å². The summed E-state index contributed by atoms with van der Waals surface area (Å²) in [5.74, 6) is -1.44. The normalized spacial score (nSPS) is 11.1. The molecule has 2 N–H and O–H groups in total. The molecule has 0 aliphatic heterocycles. The van der Waals surface area contributed by atoms with Gasteiger partial charge in [-0.05, 0) is 29.8 Å². The van der Waals surface area contributed by atoms with Gasteiger partial charge in [0.15, 0.2) is 12.7 Å². The highest BCUT2D eigenvalue weighted by atomic mass is 16.5. The van der Waals surface area contributed by atoms with Gasteiger partial charge in [0.2, 0.25) is 0 Å². The van der Waals surface area contributed by atoms with E-state index in [1.54, 1.807) is 54.6 Å². The van der Waals surface area contributed by atoms with Gasteiger partial charge in [0, 0.05) is 5.69 Å². The lowest BCUT2D eigenvalue weighted by Crippen LogP contribution is -2.23. The lowest BCUT2D eigenvalue weighted by Gasteiger charge is -2.11. The quantitative estimate of drug-likeness (QED) is 0.820. The molecule has 116 valence electrons. The molecule has 6 nitrogen and oxygen atoms in total. The largest absolute Gasteiger partial charge is 0.453 e. The first kappa shape index (κ1) is 16.2. The lowest BCUT2D eigenvalue weighted by atomic mass is 10.1. The number of carbonyl (C=O) groups is 2. The maximum absolute atomic E-state index is 11.7. The van der Waals surface area contributed by atoms with Gasteiger partial charge in [-0.25, -0.2) is 4.79 Å². The van der Waals surface area contributed by atoms with E-state index in [1.807, 2.05) is 6.07 Å². The lowest BCUT2D eigenvalue weighted by molar-refractivity contribution is -0.156. The van der Waals surface area contributed by atoms with Crippen LogP contribution in [0.1, 0.15) is 17.2 Å². The number of rotatable bonds is 5. The minimum Gasteiger partial charge on any atom is -0.453 e. The van der Waals surface area contributed by atoms with E-state index in [1.165, 1.54) is 0 Å².